The van der Waals surface area contributed by atoms with Crippen LogP contribution in [-0.4, -0.2) is 34.0 Å². The zero-order chi connectivity index (χ0) is 28.3. The Morgan fingerprint density at radius 1 is 0.488 bits per heavy atom. The third-order valence-corrected chi connectivity index (χ3v) is 11.9. The first kappa shape index (κ1) is 24.7. The Bertz CT molecular complexity index is 2380. The van der Waals surface area contributed by atoms with E-state index >= 15 is 0 Å². The molecule has 4 heterocycles. The van der Waals surface area contributed by atoms with Crippen LogP contribution >= 0.6 is 11.3 Å². The monoisotopic (exact) mass is 634 g/mol. The van der Waals surface area contributed by atoms with Crippen LogP contribution in [0.4, 0.5) is 0 Å². The predicted octanol–water partition coefficient (Wildman–Crippen LogP) is 9.39. The van der Waals surface area contributed by atoms with Gasteiger partial charge in [0.25, 0.3) is 0 Å². The molecule has 202 valence electrons. The molecule has 0 amide bonds. The number of nitrogens with zero attached hydrogens (tertiary/aromatic N) is 4. The number of fused-ring (bicyclic) bond motifs is 7. The van der Waals surface area contributed by atoms with E-state index < -0.39 is 0 Å². The Kier molecular flexibility index (Phi) is 5.66. The summed E-state index contributed by atoms with van der Waals surface area (Å²) in [5.74, 6) is 2.00. The quantitative estimate of drug-likeness (QED) is 0.182. The number of thiophene rings is 1. The summed E-state index contributed by atoms with van der Waals surface area (Å²) in [7, 11) is 0. The molecule has 0 aliphatic rings. The molecular weight excluding hydrogens is 611 g/mol. The molecule has 0 radical (unpaired) electrons. The van der Waals surface area contributed by atoms with Crippen molar-refractivity contribution in [2.45, 2.75) is 0 Å². The minimum Gasteiger partial charge on any atom is -0.0615 e. The molecule has 9 aromatic rings. The van der Waals surface area contributed by atoms with E-state index in [1.807, 2.05) is 72.0 Å². The molecule has 0 atom stereocenters. The van der Waals surface area contributed by atoms with E-state index in [1.54, 1.807) is 0 Å². The Balaban J connectivity index is 1.22. The van der Waals surface area contributed by atoms with Crippen molar-refractivity contribution in [1.29, 1.82) is 0 Å². The fourth-order valence-electron chi connectivity index (χ4n) is 5.86. The second kappa shape index (κ2) is 9.85. The zero-order valence-electron chi connectivity index (χ0n) is 22.8. The number of aromatic nitrogens is 4. The van der Waals surface area contributed by atoms with Gasteiger partial charge in [0.15, 0.2) is 0 Å². The van der Waals surface area contributed by atoms with Gasteiger partial charge < -0.3 is 0 Å². The molecule has 4 nitrogen and oxygen atoms in total. The number of rotatable bonds is 4. The summed E-state index contributed by atoms with van der Waals surface area (Å²) < 4.78 is 8.23. The minimum absolute atomic E-state index is 0.281. The van der Waals surface area contributed by atoms with Gasteiger partial charge in [-0.1, -0.05) is 36.4 Å². The van der Waals surface area contributed by atoms with Crippen molar-refractivity contribution in [3.63, 3.8) is 0 Å². The van der Waals surface area contributed by atoms with Crippen LogP contribution in [0.3, 0.4) is 0 Å². The Morgan fingerprint density at radius 3 is 1.67 bits per heavy atom. The van der Waals surface area contributed by atoms with E-state index in [2.05, 4.69) is 77.4 Å². The molecule has 0 fully saturated rings. The molecule has 0 saturated carbocycles. The van der Waals surface area contributed by atoms with Crippen LogP contribution in [0, 0.1) is 0 Å². The first-order chi connectivity index (χ1) is 21.3. The van der Waals surface area contributed by atoms with Crippen LogP contribution in [0.2, 0.25) is 0 Å². The summed E-state index contributed by atoms with van der Waals surface area (Å²) in [5, 5.41) is 2.72. The molecule has 0 aliphatic carbocycles. The maximum atomic E-state index is 4.93. The molecule has 9 rings (SSSR count). The van der Waals surface area contributed by atoms with Crippen molar-refractivity contribution in [3.05, 3.63) is 133 Å². The molecule has 0 bridgehead atoms. The molecular formula is C37H22N4SSe. The van der Waals surface area contributed by atoms with Crippen molar-refractivity contribution in [3.8, 4) is 39.9 Å². The topological polar surface area (TPSA) is 43.6 Å². The molecule has 4 aromatic heterocycles. The van der Waals surface area contributed by atoms with Crippen LogP contribution in [0.1, 0.15) is 0 Å². The summed E-state index contributed by atoms with van der Waals surface area (Å²) in [6.45, 7) is 0. The zero-order valence-corrected chi connectivity index (χ0v) is 25.3. The van der Waals surface area contributed by atoms with Gasteiger partial charge >= 0.3 is 222 Å². The third kappa shape index (κ3) is 3.99. The van der Waals surface area contributed by atoms with Crippen molar-refractivity contribution in [2.75, 3.05) is 0 Å². The van der Waals surface area contributed by atoms with Gasteiger partial charge in [0.05, 0.1) is 0 Å². The summed E-state index contributed by atoms with van der Waals surface area (Å²) in [5.41, 5.74) is 6.63. The van der Waals surface area contributed by atoms with E-state index in [0.717, 1.165) is 22.4 Å². The molecule has 0 saturated heterocycles. The van der Waals surface area contributed by atoms with Crippen molar-refractivity contribution in [1.82, 2.24) is 19.5 Å². The summed E-state index contributed by atoms with van der Waals surface area (Å²) in [6.07, 6.45) is 0. The van der Waals surface area contributed by atoms with Gasteiger partial charge in [-0.2, -0.15) is 0 Å². The van der Waals surface area contributed by atoms with E-state index in [0.29, 0.717) is 17.5 Å². The van der Waals surface area contributed by atoms with Crippen molar-refractivity contribution >= 4 is 65.6 Å². The Labute approximate surface area is 257 Å². The van der Waals surface area contributed by atoms with Crippen LogP contribution in [-0.2, 0) is 0 Å². The first-order valence-corrected chi connectivity index (χ1v) is 16.7. The summed E-state index contributed by atoms with van der Waals surface area (Å²) in [4.78, 5) is 14.7. The van der Waals surface area contributed by atoms with Crippen molar-refractivity contribution < 1.29 is 0 Å². The van der Waals surface area contributed by atoms with Gasteiger partial charge in [-0.05, 0) is 0 Å². The summed E-state index contributed by atoms with van der Waals surface area (Å²) >= 11 is 2.22. The predicted molar refractivity (Wildman–Crippen MR) is 180 cm³/mol. The van der Waals surface area contributed by atoms with Crippen molar-refractivity contribution in [2.24, 2.45) is 0 Å². The van der Waals surface area contributed by atoms with E-state index in [-0.39, 0.29) is 14.5 Å². The summed E-state index contributed by atoms with van der Waals surface area (Å²) in [6, 6.07) is 46.6. The second-order valence-electron chi connectivity index (χ2n) is 10.5. The molecule has 0 aliphatic heterocycles. The van der Waals surface area contributed by atoms with E-state index in [1.165, 1.54) is 39.7 Å². The molecule has 6 heteroatoms. The van der Waals surface area contributed by atoms with Gasteiger partial charge in [-0.15, -0.1) is 0 Å². The van der Waals surface area contributed by atoms with E-state index in [4.69, 9.17) is 15.0 Å². The molecule has 0 N–H and O–H groups in total. The normalized spacial score (nSPS) is 11.7. The smallest absolute Gasteiger partial charge is 0.0615 e. The fourth-order valence-corrected chi connectivity index (χ4v) is 10.3. The number of para-hydroxylation sites is 1. The number of benzene rings is 5. The van der Waals surface area contributed by atoms with Gasteiger partial charge in [0.1, 0.15) is 0 Å². The minimum atomic E-state index is 0.281. The van der Waals surface area contributed by atoms with Crippen LogP contribution < -0.4 is 0 Å². The molecule has 0 unspecified atom stereocenters. The molecule has 0 spiro atoms. The average molecular weight is 634 g/mol. The third-order valence-electron chi connectivity index (χ3n) is 7.88. The van der Waals surface area contributed by atoms with E-state index in [9.17, 15) is 0 Å². The molecule has 43 heavy (non-hydrogen) atoms. The SMILES string of the molecule is c1ccc(-c2nc(-c3ccccc3)nc(-c3ccc(-n4c5ccccc5c5sc6c7ccccc7[se]c6c54)cc3)n2)cc1. The average Bonchev–Trinajstić information content (AvgIpc) is 3.73. The van der Waals surface area contributed by atoms with Crippen LogP contribution in [0.25, 0.3) is 79.6 Å². The second-order valence-corrected chi connectivity index (χ2v) is 13.7. The van der Waals surface area contributed by atoms with Crippen LogP contribution in [0.5, 0.6) is 0 Å². The first-order valence-electron chi connectivity index (χ1n) is 14.1. The van der Waals surface area contributed by atoms with Gasteiger partial charge in [0, 0.05) is 0 Å². The molecule has 5 aromatic carbocycles. The Morgan fingerprint density at radius 2 is 1.02 bits per heavy atom. The van der Waals surface area contributed by atoms with Crippen LogP contribution in [0.15, 0.2) is 133 Å². The Hall–Kier alpha value is -4.87. The van der Waals surface area contributed by atoms with Gasteiger partial charge in [-0.25, -0.2) is 0 Å². The number of hydrogen-bond acceptors (Lipinski definition) is 4. The van der Waals surface area contributed by atoms with Gasteiger partial charge in [0.2, 0.25) is 0 Å². The maximum absolute atomic E-state index is 4.93. The van der Waals surface area contributed by atoms with Gasteiger partial charge in [-0.3, -0.25) is 0 Å². The standard InChI is InChI=1S/C37H22N4SSe/c1-3-11-23(12-4-1)35-38-36(24-13-5-2-6-14-24)40-37(39-35)25-19-21-26(22-20-25)41-29-17-9-7-15-27(29)32-31(41)34-33(42-32)28-16-8-10-18-30(28)43-34/h1-22H. The number of hydrogen-bond donors (Lipinski definition) is 0. The fraction of sp³-hybridized carbons (Fsp3) is 0.